The number of rotatable bonds is 12. The minimum absolute atomic E-state index is 0.00311. The smallest absolute Gasteiger partial charge is 0.264 e. The van der Waals surface area contributed by atoms with Gasteiger partial charge in [-0.2, -0.15) is 16.8 Å². The molecule has 0 aliphatic rings. The summed E-state index contributed by atoms with van der Waals surface area (Å²) in [7, 11) is -12.1. The second kappa shape index (κ2) is 11.5. The highest BCUT2D eigenvalue weighted by Crippen LogP contribution is 2.33. The fourth-order valence-electron chi connectivity index (χ4n) is 2.51. The van der Waals surface area contributed by atoms with Crippen LogP contribution in [0, 0.1) is 0 Å². The van der Waals surface area contributed by atoms with Crippen LogP contribution < -0.4 is 9.47 Å². The highest BCUT2D eigenvalue weighted by molar-refractivity contribution is 9.11. The van der Waals surface area contributed by atoms with Crippen molar-refractivity contribution in [2.75, 3.05) is 24.7 Å². The topological polar surface area (TPSA) is 161 Å². The molecule has 0 fully saturated rings. The van der Waals surface area contributed by atoms with E-state index in [1.165, 1.54) is 36.4 Å². The van der Waals surface area contributed by atoms with Gasteiger partial charge in [-0.1, -0.05) is 0 Å². The Bertz CT molecular complexity index is 1210. The van der Waals surface area contributed by atoms with E-state index in [4.69, 9.17) is 18.6 Å². The van der Waals surface area contributed by atoms with Crippen LogP contribution in [-0.4, -0.2) is 59.1 Å². The van der Waals surface area contributed by atoms with E-state index in [1.807, 2.05) is 0 Å². The Morgan fingerprint density at radius 2 is 1.03 bits per heavy atom. The molecule has 0 saturated carbocycles. The van der Waals surface area contributed by atoms with Gasteiger partial charge >= 0.3 is 0 Å². The van der Waals surface area contributed by atoms with Gasteiger partial charge in [0.25, 0.3) is 20.2 Å². The second-order valence-corrected chi connectivity index (χ2v) is 13.5. The maximum atomic E-state index is 13.0. The van der Waals surface area contributed by atoms with Crippen LogP contribution in [0.25, 0.3) is 0 Å². The van der Waals surface area contributed by atoms with Gasteiger partial charge in [0.2, 0.25) is 9.84 Å². The number of hydrogen-bond acceptors (Lipinski definition) is 8. The molecule has 2 rings (SSSR count). The van der Waals surface area contributed by atoms with Gasteiger partial charge in [-0.3, -0.25) is 9.11 Å². The average Bonchev–Trinajstić information content (AvgIpc) is 2.68. The summed E-state index contributed by atoms with van der Waals surface area (Å²) >= 11 is 6.46. The van der Waals surface area contributed by atoms with E-state index in [0.29, 0.717) is 20.4 Å². The van der Waals surface area contributed by atoms with Gasteiger partial charge in [0, 0.05) is 0 Å². The molecule has 0 aromatic heterocycles. The summed E-state index contributed by atoms with van der Waals surface area (Å²) in [6, 6.07) is 8.22. The van der Waals surface area contributed by atoms with E-state index >= 15 is 0 Å². The highest BCUT2D eigenvalue weighted by atomic mass is 79.9. The number of sulfone groups is 1. The van der Waals surface area contributed by atoms with E-state index in [0.717, 1.165) is 0 Å². The molecule has 15 heteroatoms. The Balaban J connectivity index is 2.09. The van der Waals surface area contributed by atoms with Crippen molar-refractivity contribution in [2.24, 2.45) is 0 Å². The van der Waals surface area contributed by atoms with Crippen LogP contribution in [0.2, 0.25) is 0 Å². The van der Waals surface area contributed by atoms with Gasteiger partial charge in [-0.25, -0.2) is 8.42 Å². The van der Waals surface area contributed by atoms with Gasteiger partial charge in [0.15, 0.2) is 0 Å². The first-order chi connectivity index (χ1) is 15.2. The minimum atomic E-state index is -4.08. The predicted octanol–water partition coefficient (Wildman–Crippen LogP) is 3.36. The first kappa shape index (κ1) is 28.0. The zero-order chi connectivity index (χ0) is 24.9. The van der Waals surface area contributed by atoms with Gasteiger partial charge in [-0.05, 0) is 81.1 Å². The molecule has 2 aromatic rings. The molecule has 0 spiro atoms. The Morgan fingerprint density at radius 3 is 1.33 bits per heavy atom. The van der Waals surface area contributed by atoms with Crippen molar-refractivity contribution in [3.05, 3.63) is 45.3 Å². The SMILES string of the molecule is O=S(=O)(O)CCCOc1ccc(S(=O)(=O)c2ccc(OCCCS(=O)(=O)O)c(Br)c2)cc1Br. The molecule has 0 unspecified atom stereocenters. The number of hydrogen-bond donors (Lipinski definition) is 2. The van der Waals surface area contributed by atoms with Crippen LogP contribution in [0.4, 0.5) is 0 Å². The largest absolute Gasteiger partial charge is 0.492 e. The standard InChI is InChI=1S/C18H20Br2O10S3/c19-15-11-13(3-5-17(15)29-7-1-9-31(21,22)23)33(27,28)14-4-6-18(16(20)12-14)30-8-2-10-32(24,25)26/h3-6,11-12H,1-2,7-10H2,(H,21,22,23)(H,24,25,26). The Hall–Kier alpha value is -1.23. The molecule has 0 bridgehead atoms. The minimum Gasteiger partial charge on any atom is -0.492 e. The Kier molecular flexibility index (Phi) is 9.73. The van der Waals surface area contributed by atoms with E-state index in [1.54, 1.807) is 0 Å². The Labute approximate surface area is 209 Å². The lowest BCUT2D eigenvalue weighted by molar-refractivity contribution is 0.314. The van der Waals surface area contributed by atoms with E-state index in [-0.39, 0.29) is 35.8 Å². The van der Waals surface area contributed by atoms with Crippen LogP contribution in [0.1, 0.15) is 12.8 Å². The maximum absolute atomic E-state index is 13.0. The van der Waals surface area contributed by atoms with Crippen LogP contribution in [-0.2, 0) is 30.1 Å². The second-order valence-electron chi connectivity index (χ2n) is 6.66. The molecule has 33 heavy (non-hydrogen) atoms. The Morgan fingerprint density at radius 1 is 0.667 bits per heavy atom. The quantitative estimate of drug-likeness (QED) is 0.257. The fraction of sp³-hybridized carbons (Fsp3) is 0.333. The van der Waals surface area contributed by atoms with Crippen molar-refractivity contribution >= 4 is 61.9 Å². The van der Waals surface area contributed by atoms with Gasteiger partial charge in [-0.15, -0.1) is 0 Å². The molecule has 184 valence electrons. The molecule has 0 radical (unpaired) electrons. The van der Waals surface area contributed by atoms with Crippen molar-refractivity contribution in [3.8, 4) is 11.5 Å². The van der Waals surface area contributed by atoms with Crippen LogP contribution >= 0.6 is 31.9 Å². The number of halogens is 2. The lowest BCUT2D eigenvalue weighted by atomic mass is 10.3. The summed E-state index contributed by atoms with van der Waals surface area (Å²) in [5.41, 5.74) is 0. The summed E-state index contributed by atoms with van der Waals surface area (Å²) in [6.45, 7) is 0.00621. The molecule has 10 nitrogen and oxygen atoms in total. The average molecular weight is 652 g/mol. The first-order valence-corrected chi connectivity index (χ1v) is 15.5. The zero-order valence-corrected chi connectivity index (χ0v) is 22.5. The molecule has 0 saturated heterocycles. The van der Waals surface area contributed by atoms with Crippen molar-refractivity contribution in [1.29, 1.82) is 0 Å². The molecule has 0 atom stereocenters. The van der Waals surface area contributed by atoms with E-state index in [2.05, 4.69) is 31.9 Å². The van der Waals surface area contributed by atoms with Crippen LogP contribution in [0.15, 0.2) is 55.1 Å². The first-order valence-electron chi connectivity index (χ1n) is 9.19. The third kappa shape index (κ3) is 9.15. The number of ether oxygens (including phenoxy) is 2. The predicted molar refractivity (Wildman–Crippen MR) is 127 cm³/mol. The maximum Gasteiger partial charge on any atom is 0.264 e. The van der Waals surface area contributed by atoms with Crippen molar-refractivity contribution in [1.82, 2.24) is 0 Å². The van der Waals surface area contributed by atoms with Crippen LogP contribution in [0.3, 0.4) is 0 Å². The van der Waals surface area contributed by atoms with Crippen molar-refractivity contribution in [2.45, 2.75) is 22.6 Å². The summed E-state index contributed by atoms with van der Waals surface area (Å²) in [5, 5.41) is 0. The molecule has 2 N–H and O–H groups in total. The highest BCUT2D eigenvalue weighted by Gasteiger charge is 2.21. The molecule has 0 aliphatic heterocycles. The van der Waals surface area contributed by atoms with Gasteiger partial charge < -0.3 is 9.47 Å². The number of benzene rings is 2. The monoisotopic (exact) mass is 650 g/mol. The lowest BCUT2D eigenvalue weighted by Crippen LogP contribution is -2.09. The van der Waals surface area contributed by atoms with Crippen LogP contribution in [0.5, 0.6) is 11.5 Å². The van der Waals surface area contributed by atoms with E-state index in [9.17, 15) is 25.3 Å². The normalized spacial score (nSPS) is 12.5. The molecule has 0 aliphatic carbocycles. The third-order valence-corrected chi connectivity index (χ3v) is 8.63. The molecule has 0 heterocycles. The fourth-order valence-corrected chi connectivity index (χ4v) is 6.08. The van der Waals surface area contributed by atoms with Crippen molar-refractivity contribution < 1.29 is 43.8 Å². The molecule has 2 aromatic carbocycles. The molecule has 0 amide bonds. The molecular formula is C18H20Br2O10S3. The summed E-state index contributed by atoms with van der Waals surface area (Å²) in [5.74, 6) is -0.295. The molecular weight excluding hydrogens is 632 g/mol. The van der Waals surface area contributed by atoms with Crippen molar-refractivity contribution in [3.63, 3.8) is 0 Å². The summed E-state index contributed by atoms with van der Waals surface area (Å²) in [6.07, 6.45) is 0.118. The zero-order valence-electron chi connectivity index (χ0n) is 16.8. The summed E-state index contributed by atoms with van der Waals surface area (Å²) in [4.78, 5) is -0.0400. The van der Waals surface area contributed by atoms with E-state index < -0.39 is 41.6 Å². The van der Waals surface area contributed by atoms with Gasteiger partial charge in [0.1, 0.15) is 11.5 Å². The third-order valence-electron chi connectivity index (χ3n) is 4.04. The summed E-state index contributed by atoms with van der Waals surface area (Å²) < 4.78 is 97.8. The van der Waals surface area contributed by atoms with Gasteiger partial charge in [0.05, 0.1) is 43.5 Å². The lowest BCUT2D eigenvalue weighted by Gasteiger charge is -2.12.